The summed E-state index contributed by atoms with van der Waals surface area (Å²) in [4.78, 5) is 24.2. The average molecular weight is 317 g/mol. The molecule has 1 aliphatic rings. The number of amides is 2. The van der Waals surface area contributed by atoms with Gasteiger partial charge in [-0.15, -0.1) is 0 Å². The minimum atomic E-state index is -0.112. The SMILES string of the molecule is CCc1ccc(C)c(N2Cc3cnc(Cl)nc3N(C)C2=O)c1. The minimum Gasteiger partial charge on any atom is -0.289 e. The van der Waals surface area contributed by atoms with Crippen LogP contribution in [0.4, 0.5) is 16.3 Å². The molecule has 114 valence electrons. The quantitative estimate of drug-likeness (QED) is 0.796. The standard InChI is InChI=1S/C16H17ClN4O/c1-4-11-6-5-10(2)13(7-11)21-9-12-8-18-15(17)19-14(12)20(3)16(21)22/h5-8H,4,9H2,1-3H3. The molecule has 0 N–H and O–H groups in total. The van der Waals surface area contributed by atoms with Gasteiger partial charge in [0.15, 0.2) is 0 Å². The predicted molar refractivity (Wildman–Crippen MR) is 87.6 cm³/mol. The lowest BCUT2D eigenvalue weighted by atomic mass is 10.1. The molecule has 0 radical (unpaired) electrons. The second-order valence-electron chi connectivity index (χ2n) is 5.39. The number of hydrogen-bond donors (Lipinski definition) is 0. The lowest BCUT2D eigenvalue weighted by molar-refractivity contribution is 0.251. The van der Waals surface area contributed by atoms with Gasteiger partial charge in [-0.05, 0) is 42.1 Å². The van der Waals surface area contributed by atoms with Crippen molar-refractivity contribution in [1.29, 1.82) is 0 Å². The lowest BCUT2D eigenvalue weighted by Crippen LogP contribution is -2.46. The van der Waals surface area contributed by atoms with Crippen LogP contribution in [0.15, 0.2) is 24.4 Å². The highest BCUT2D eigenvalue weighted by Gasteiger charge is 2.31. The zero-order chi connectivity index (χ0) is 15.9. The molecule has 0 saturated heterocycles. The number of hydrogen-bond acceptors (Lipinski definition) is 3. The van der Waals surface area contributed by atoms with Gasteiger partial charge < -0.3 is 0 Å². The van der Waals surface area contributed by atoms with E-state index in [0.717, 1.165) is 23.2 Å². The molecule has 0 fully saturated rings. The van der Waals surface area contributed by atoms with Gasteiger partial charge in [-0.25, -0.2) is 9.78 Å². The fraction of sp³-hybridized carbons (Fsp3) is 0.312. The van der Waals surface area contributed by atoms with E-state index in [0.29, 0.717) is 12.4 Å². The van der Waals surface area contributed by atoms with Crippen molar-refractivity contribution in [3.05, 3.63) is 46.4 Å². The first-order chi connectivity index (χ1) is 10.5. The number of aryl methyl sites for hydroxylation is 2. The summed E-state index contributed by atoms with van der Waals surface area (Å²) in [6.45, 7) is 4.56. The van der Waals surface area contributed by atoms with Crippen molar-refractivity contribution in [3.63, 3.8) is 0 Å². The van der Waals surface area contributed by atoms with E-state index in [2.05, 4.69) is 35.1 Å². The molecular weight excluding hydrogens is 300 g/mol. The number of benzene rings is 1. The molecule has 2 amide bonds. The third-order valence-electron chi connectivity index (χ3n) is 3.95. The van der Waals surface area contributed by atoms with Gasteiger partial charge in [-0.1, -0.05) is 19.1 Å². The Hall–Kier alpha value is -2.14. The van der Waals surface area contributed by atoms with Crippen LogP contribution in [0.3, 0.4) is 0 Å². The Morgan fingerprint density at radius 3 is 2.86 bits per heavy atom. The fourth-order valence-electron chi connectivity index (χ4n) is 2.64. The zero-order valence-corrected chi connectivity index (χ0v) is 13.6. The third-order valence-corrected chi connectivity index (χ3v) is 4.13. The fourth-order valence-corrected chi connectivity index (χ4v) is 2.77. The predicted octanol–water partition coefficient (Wildman–Crippen LogP) is 3.58. The topological polar surface area (TPSA) is 49.3 Å². The van der Waals surface area contributed by atoms with Crippen LogP contribution in [-0.2, 0) is 13.0 Å². The van der Waals surface area contributed by atoms with Crippen LogP contribution in [0.1, 0.15) is 23.6 Å². The van der Waals surface area contributed by atoms with E-state index in [1.54, 1.807) is 18.1 Å². The highest BCUT2D eigenvalue weighted by atomic mass is 35.5. The van der Waals surface area contributed by atoms with Gasteiger partial charge in [-0.3, -0.25) is 9.80 Å². The molecule has 0 unspecified atom stereocenters. The summed E-state index contributed by atoms with van der Waals surface area (Å²) in [7, 11) is 1.70. The Morgan fingerprint density at radius 2 is 2.14 bits per heavy atom. The van der Waals surface area contributed by atoms with Crippen molar-refractivity contribution < 1.29 is 4.79 Å². The van der Waals surface area contributed by atoms with Crippen molar-refractivity contribution in [2.75, 3.05) is 16.8 Å². The molecule has 1 aromatic carbocycles. The van der Waals surface area contributed by atoms with Gasteiger partial charge in [0.2, 0.25) is 5.28 Å². The van der Waals surface area contributed by atoms with Crippen LogP contribution in [0.2, 0.25) is 5.28 Å². The largest absolute Gasteiger partial charge is 0.330 e. The summed E-state index contributed by atoms with van der Waals surface area (Å²) in [6.07, 6.45) is 2.61. The Labute approximate surface area is 134 Å². The zero-order valence-electron chi connectivity index (χ0n) is 12.8. The van der Waals surface area contributed by atoms with Crippen molar-refractivity contribution in [1.82, 2.24) is 9.97 Å². The molecule has 0 atom stereocenters. The van der Waals surface area contributed by atoms with E-state index in [1.807, 2.05) is 6.92 Å². The number of carbonyl (C=O) groups is 1. The molecule has 6 heteroatoms. The van der Waals surface area contributed by atoms with Gasteiger partial charge in [0.1, 0.15) is 5.82 Å². The molecule has 0 bridgehead atoms. The first kappa shape index (κ1) is 14.8. The summed E-state index contributed by atoms with van der Waals surface area (Å²) < 4.78 is 0. The maximum absolute atomic E-state index is 12.7. The molecule has 1 aromatic heterocycles. The van der Waals surface area contributed by atoms with E-state index in [9.17, 15) is 4.79 Å². The molecule has 0 spiro atoms. The monoisotopic (exact) mass is 316 g/mol. The van der Waals surface area contributed by atoms with Crippen LogP contribution in [-0.4, -0.2) is 23.0 Å². The summed E-state index contributed by atoms with van der Waals surface area (Å²) in [5.74, 6) is 0.575. The summed E-state index contributed by atoms with van der Waals surface area (Å²) in [5.41, 5.74) is 4.08. The number of urea groups is 1. The second-order valence-corrected chi connectivity index (χ2v) is 5.73. The normalized spacial score (nSPS) is 14.3. The molecule has 2 heterocycles. The summed E-state index contributed by atoms with van der Waals surface area (Å²) in [5, 5.41) is 0.149. The Balaban J connectivity index is 2.06. The lowest BCUT2D eigenvalue weighted by Gasteiger charge is -2.34. The molecule has 5 nitrogen and oxygen atoms in total. The van der Waals surface area contributed by atoms with Crippen molar-refractivity contribution in [2.45, 2.75) is 26.8 Å². The Bertz CT molecular complexity index is 747. The number of rotatable bonds is 2. The van der Waals surface area contributed by atoms with Gasteiger partial charge in [-0.2, -0.15) is 4.98 Å². The van der Waals surface area contributed by atoms with E-state index >= 15 is 0 Å². The maximum atomic E-state index is 12.7. The number of aromatic nitrogens is 2. The molecule has 3 rings (SSSR count). The number of halogens is 1. The second kappa shape index (κ2) is 5.57. The Morgan fingerprint density at radius 1 is 1.36 bits per heavy atom. The van der Waals surface area contributed by atoms with Crippen LogP contribution in [0.5, 0.6) is 0 Å². The number of fused-ring (bicyclic) bond motifs is 1. The van der Waals surface area contributed by atoms with E-state index in [-0.39, 0.29) is 11.3 Å². The molecule has 2 aromatic rings. The highest BCUT2D eigenvalue weighted by molar-refractivity contribution is 6.28. The molecular formula is C16H17ClN4O. The highest BCUT2D eigenvalue weighted by Crippen LogP contribution is 2.32. The van der Waals surface area contributed by atoms with Crippen LogP contribution in [0.25, 0.3) is 0 Å². The molecule has 1 aliphatic heterocycles. The molecule has 0 aliphatic carbocycles. The first-order valence-corrected chi connectivity index (χ1v) is 7.55. The van der Waals surface area contributed by atoms with E-state index in [4.69, 9.17) is 11.6 Å². The van der Waals surface area contributed by atoms with Crippen LogP contribution >= 0.6 is 11.6 Å². The maximum Gasteiger partial charge on any atom is 0.330 e. The first-order valence-electron chi connectivity index (χ1n) is 7.17. The number of anilines is 2. The molecule has 22 heavy (non-hydrogen) atoms. The third kappa shape index (κ3) is 2.41. The van der Waals surface area contributed by atoms with Gasteiger partial charge in [0, 0.05) is 24.5 Å². The Kier molecular flexibility index (Phi) is 3.74. The van der Waals surface area contributed by atoms with Gasteiger partial charge in [0.25, 0.3) is 0 Å². The van der Waals surface area contributed by atoms with E-state index in [1.165, 1.54) is 10.5 Å². The number of carbonyl (C=O) groups excluding carboxylic acids is 1. The smallest absolute Gasteiger partial charge is 0.289 e. The van der Waals surface area contributed by atoms with Crippen LogP contribution in [0, 0.1) is 6.92 Å². The summed E-state index contributed by atoms with van der Waals surface area (Å²) in [6, 6.07) is 6.10. The number of nitrogens with zero attached hydrogens (tertiary/aromatic N) is 4. The average Bonchev–Trinajstić information content (AvgIpc) is 2.52. The van der Waals surface area contributed by atoms with Crippen molar-refractivity contribution in [2.24, 2.45) is 0 Å². The van der Waals surface area contributed by atoms with Gasteiger partial charge >= 0.3 is 6.03 Å². The van der Waals surface area contributed by atoms with Crippen molar-refractivity contribution in [3.8, 4) is 0 Å². The minimum absolute atomic E-state index is 0.112. The van der Waals surface area contributed by atoms with Gasteiger partial charge in [0.05, 0.1) is 6.54 Å². The summed E-state index contributed by atoms with van der Waals surface area (Å²) >= 11 is 5.83. The molecule has 0 saturated carbocycles. The van der Waals surface area contributed by atoms with E-state index < -0.39 is 0 Å². The van der Waals surface area contributed by atoms with Crippen LogP contribution < -0.4 is 9.80 Å². The van der Waals surface area contributed by atoms with Crippen molar-refractivity contribution >= 4 is 29.1 Å².